The predicted molar refractivity (Wildman–Crippen MR) is 122 cm³/mol. The number of carbonyl (C=O) groups excluding carboxylic acids is 1. The smallest absolute Gasteiger partial charge is 0.305 e. The largest absolute Gasteiger partial charge is 0.463 e. The SMILES string of the molecule is CC(C)CCCCCCCCCCCCCCCCCCC(=O)OCC(O)CO. The van der Waals surface area contributed by atoms with Gasteiger partial charge in [0.25, 0.3) is 0 Å². The highest BCUT2D eigenvalue weighted by Crippen LogP contribution is 2.15. The molecule has 0 aromatic heterocycles. The third-order valence-corrected chi connectivity index (χ3v) is 5.56. The lowest BCUT2D eigenvalue weighted by molar-refractivity contribution is -0.147. The van der Waals surface area contributed by atoms with E-state index in [9.17, 15) is 4.79 Å². The zero-order chi connectivity index (χ0) is 21.6. The van der Waals surface area contributed by atoms with Crippen molar-refractivity contribution < 1.29 is 19.7 Å². The number of carbonyl (C=O) groups is 1. The molecule has 0 rings (SSSR count). The third kappa shape index (κ3) is 23.5. The number of ether oxygens (including phenoxy) is 1. The average molecular weight is 415 g/mol. The molecule has 0 aliphatic rings. The molecule has 4 heteroatoms. The Morgan fingerprint density at radius 3 is 1.45 bits per heavy atom. The van der Waals surface area contributed by atoms with E-state index in [1.165, 1.54) is 96.3 Å². The van der Waals surface area contributed by atoms with Gasteiger partial charge in [0, 0.05) is 6.42 Å². The van der Waals surface area contributed by atoms with Crippen LogP contribution in [0.2, 0.25) is 0 Å². The summed E-state index contributed by atoms with van der Waals surface area (Å²) in [5.41, 5.74) is 0. The summed E-state index contributed by atoms with van der Waals surface area (Å²) < 4.78 is 4.88. The highest BCUT2D eigenvalue weighted by molar-refractivity contribution is 5.69. The van der Waals surface area contributed by atoms with Crippen molar-refractivity contribution in [2.24, 2.45) is 5.92 Å². The van der Waals surface area contributed by atoms with E-state index in [4.69, 9.17) is 14.9 Å². The Labute approximate surface area is 180 Å². The molecule has 0 fully saturated rings. The quantitative estimate of drug-likeness (QED) is 0.155. The van der Waals surface area contributed by atoms with E-state index in [0.29, 0.717) is 6.42 Å². The fourth-order valence-corrected chi connectivity index (χ4v) is 3.61. The molecular formula is C25H50O4. The molecule has 0 aliphatic carbocycles. The van der Waals surface area contributed by atoms with Crippen molar-refractivity contribution in [2.45, 2.75) is 136 Å². The summed E-state index contributed by atoms with van der Waals surface area (Å²) in [6, 6.07) is 0. The maximum absolute atomic E-state index is 11.4. The zero-order valence-corrected chi connectivity index (χ0v) is 19.5. The van der Waals surface area contributed by atoms with Crippen LogP contribution in [0.25, 0.3) is 0 Å². The first kappa shape index (κ1) is 28.4. The third-order valence-electron chi connectivity index (χ3n) is 5.56. The van der Waals surface area contributed by atoms with Gasteiger partial charge in [-0.05, 0) is 12.3 Å². The number of hydrogen-bond donors (Lipinski definition) is 2. The molecule has 0 aromatic carbocycles. The van der Waals surface area contributed by atoms with E-state index in [2.05, 4.69) is 13.8 Å². The van der Waals surface area contributed by atoms with Crippen molar-refractivity contribution in [3.8, 4) is 0 Å². The molecule has 1 atom stereocenters. The van der Waals surface area contributed by atoms with Gasteiger partial charge < -0.3 is 14.9 Å². The van der Waals surface area contributed by atoms with E-state index in [-0.39, 0.29) is 19.2 Å². The number of rotatable bonds is 22. The van der Waals surface area contributed by atoms with Crippen LogP contribution < -0.4 is 0 Å². The highest BCUT2D eigenvalue weighted by atomic mass is 16.5. The summed E-state index contributed by atoms with van der Waals surface area (Å²) in [4.78, 5) is 11.4. The summed E-state index contributed by atoms with van der Waals surface area (Å²) in [5, 5.41) is 17.8. The molecule has 0 saturated carbocycles. The lowest BCUT2D eigenvalue weighted by Gasteiger charge is -2.08. The molecule has 1 unspecified atom stereocenters. The van der Waals surface area contributed by atoms with Crippen molar-refractivity contribution in [3.63, 3.8) is 0 Å². The van der Waals surface area contributed by atoms with E-state index >= 15 is 0 Å². The van der Waals surface area contributed by atoms with E-state index in [1.54, 1.807) is 0 Å². The van der Waals surface area contributed by atoms with Crippen LogP contribution in [-0.2, 0) is 9.53 Å². The molecule has 0 aromatic rings. The first-order chi connectivity index (χ1) is 14.1. The van der Waals surface area contributed by atoms with Crippen LogP contribution in [0.1, 0.15) is 129 Å². The van der Waals surface area contributed by atoms with Crippen LogP contribution in [0.15, 0.2) is 0 Å². The standard InChI is InChI=1S/C25H50O4/c1-23(2)19-17-15-13-11-9-7-5-3-4-6-8-10-12-14-16-18-20-25(28)29-22-24(27)21-26/h23-24,26-27H,3-22H2,1-2H3. The van der Waals surface area contributed by atoms with Gasteiger partial charge in [0.2, 0.25) is 0 Å². The molecule has 0 amide bonds. The molecule has 0 radical (unpaired) electrons. The second-order valence-corrected chi connectivity index (χ2v) is 9.11. The van der Waals surface area contributed by atoms with Crippen molar-refractivity contribution >= 4 is 5.97 Å². The monoisotopic (exact) mass is 414 g/mol. The van der Waals surface area contributed by atoms with Crippen LogP contribution in [0.4, 0.5) is 0 Å². The number of esters is 1. The maximum atomic E-state index is 11.4. The van der Waals surface area contributed by atoms with Crippen LogP contribution in [0.5, 0.6) is 0 Å². The number of unbranched alkanes of at least 4 members (excludes halogenated alkanes) is 15. The Hall–Kier alpha value is -0.610. The Kier molecular flexibility index (Phi) is 21.6. The number of aliphatic hydroxyl groups excluding tert-OH is 2. The normalized spacial score (nSPS) is 12.4. The lowest BCUT2D eigenvalue weighted by Crippen LogP contribution is -2.21. The first-order valence-electron chi connectivity index (χ1n) is 12.5. The van der Waals surface area contributed by atoms with Crippen LogP contribution >= 0.6 is 0 Å². The molecule has 174 valence electrons. The van der Waals surface area contributed by atoms with Crippen LogP contribution in [-0.4, -0.2) is 35.5 Å². The fourth-order valence-electron chi connectivity index (χ4n) is 3.61. The Balaban J connectivity index is 3.12. The number of hydrogen-bond acceptors (Lipinski definition) is 4. The summed E-state index contributed by atoms with van der Waals surface area (Å²) in [7, 11) is 0. The van der Waals surface area contributed by atoms with E-state index < -0.39 is 6.10 Å². The Bertz CT molecular complexity index is 344. The fraction of sp³-hybridized carbons (Fsp3) is 0.960. The molecular weight excluding hydrogens is 364 g/mol. The summed E-state index contributed by atoms with van der Waals surface area (Å²) >= 11 is 0. The second-order valence-electron chi connectivity index (χ2n) is 9.11. The predicted octanol–water partition coefficient (Wildman–Crippen LogP) is 6.56. The van der Waals surface area contributed by atoms with Gasteiger partial charge in [-0.15, -0.1) is 0 Å². The molecule has 4 nitrogen and oxygen atoms in total. The molecule has 2 N–H and O–H groups in total. The number of aliphatic hydroxyl groups is 2. The van der Waals surface area contributed by atoms with Gasteiger partial charge in [-0.25, -0.2) is 0 Å². The molecule has 0 aliphatic heterocycles. The summed E-state index contributed by atoms with van der Waals surface area (Å²) in [6.45, 7) is 4.16. The maximum Gasteiger partial charge on any atom is 0.305 e. The van der Waals surface area contributed by atoms with E-state index in [0.717, 1.165) is 18.8 Å². The van der Waals surface area contributed by atoms with Gasteiger partial charge in [-0.3, -0.25) is 4.79 Å². The minimum Gasteiger partial charge on any atom is -0.463 e. The second kappa shape index (κ2) is 22.1. The van der Waals surface area contributed by atoms with Gasteiger partial charge in [-0.2, -0.15) is 0 Å². The minimum atomic E-state index is -0.955. The molecule has 0 heterocycles. The average Bonchev–Trinajstić information content (AvgIpc) is 2.70. The summed E-state index contributed by atoms with van der Waals surface area (Å²) in [6.07, 6.45) is 22.0. The van der Waals surface area contributed by atoms with Crippen molar-refractivity contribution in [1.82, 2.24) is 0 Å². The Morgan fingerprint density at radius 1 is 0.690 bits per heavy atom. The van der Waals surface area contributed by atoms with Crippen molar-refractivity contribution in [3.05, 3.63) is 0 Å². The molecule has 0 bridgehead atoms. The summed E-state index contributed by atoms with van der Waals surface area (Å²) in [5.74, 6) is 0.592. The first-order valence-corrected chi connectivity index (χ1v) is 12.5. The molecule has 29 heavy (non-hydrogen) atoms. The minimum absolute atomic E-state index is 0.103. The van der Waals surface area contributed by atoms with E-state index in [1.807, 2.05) is 0 Å². The topological polar surface area (TPSA) is 66.8 Å². The van der Waals surface area contributed by atoms with Crippen LogP contribution in [0.3, 0.4) is 0 Å². The Morgan fingerprint density at radius 2 is 1.07 bits per heavy atom. The van der Waals surface area contributed by atoms with Crippen molar-refractivity contribution in [2.75, 3.05) is 13.2 Å². The van der Waals surface area contributed by atoms with Gasteiger partial charge in [-0.1, -0.05) is 117 Å². The lowest BCUT2D eigenvalue weighted by atomic mass is 10.0. The van der Waals surface area contributed by atoms with Gasteiger partial charge in [0.15, 0.2) is 0 Å². The van der Waals surface area contributed by atoms with Gasteiger partial charge >= 0.3 is 5.97 Å². The molecule has 0 saturated heterocycles. The van der Waals surface area contributed by atoms with Crippen molar-refractivity contribution in [1.29, 1.82) is 0 Å². The molecule has 0 spiro atoms. The van der Waals surface area contributed by atoms with Gasteiger partial charge in [0.1, 0.15) is 12.7 Å². The van der Waals surface area contributed by atoms with Crippen LogP contribution in [0, 0.1) is 5.92 Å². The zero-order valence-electron chi connectivity index (χ0n) is 19.5. The van der Waals surface area contributed by atoms with Gasteiger partial charge in [0.05, 0.1) is 6.61 Å². The highest BCUT2D eigenvalue weighted by Gasteiger charge is 2.07.